The minimum atomic E-state index is -3.36. The van der Waals surface area contributed by atoms with Crippen molar-refractivity contribution in [3.05, 3.63) is 18.2 Å². The summed E-state index contributed by atoms with van der Waals surface area (Å²) in [7, 11) is -3.36. The Balaban J connectivity index is 1.57. The highest BCUT2D eigenvalue weighted by atomic mass is 32.2. The van der Waals surface area contributed by atoms with Crippen LogP contribution in [0.4, 0.5) is 5.69 Å². The van der Waals surface area contributed by atoms with Crippen molar-refractivity contribution in [1.82, 2.24) is 10.2 Å². The molecule has 8 heteroatoms. The summed E-state index contributed by atoms with van der Waals surface area (Å²) in [4.78, 5) is 2.15. The number of anilines is 1. The van der Waals surface area contributed by atoms with E-state index in [4.69, 9.17) is 9.47 Å². The zero-order valence-corrected chi connectivity index (χ0v) is 12.5. The Kier molecular flexibility index (Phi) is 4.18. The van der Waals surface area contributed by atoms with Gasteiger partial charge in [-0.3, -0.25) is 9.62 Å². The normalized spacial score (nSPS) is 18.7. The highest BCUT2D eigenvalue weighted by Gasteiger charge is 2.18. The lowest BCUT2D eigenvalue weighted by Crippen LogP contribution is -2.45. The van der Waals surface area contributed by atoms with Crippen LogP contribution in [0.1, 0.15) is 0 Å². The summed E-state index contributed by atoms with van der Waals surface area (Å²) >= 11 is 0. The number of benzene rings is 1. The zero-order valence-electron chi connectivity index (χ0n) is 11.7. The Morgan fingerprint density at radius 3 is 2.76 bits per heavy atom. The molecule has 0 bridgehead atoms. The quantitative estimate of drug-likeness (QED) is 0.800. The summed E-state index contributed by atoms with van der Waals surface area (Å²) in [5.41, 5.74) is 0.500. The number of hydrogen-bond donors (Lipinski definition) is 2. The van der Waals surface area contributed by atoms with Crippen LogP contribution >= 0.6 is 0 Å². The fraction of sp³-hybridized carbons (Fsp3) is 0.538. The first-order chi connectivity index (χ1) is 10.1. The average molecular weight is 313 g/mol. The van der Waals surface area contributed by atoms with Gasteiger partial charge in [-0.25, -0.2) is 8.42 Å². The van der Waals surface area contributed by atoms with Crippen LogP contribution in [0.15, 0.2) is 18.2 Å². The molecule has 2 aliphatic heterocycles. The molecule has 1 aromatic carbocycles. The number of sulfonamides is 1. The van der Waals surface area contributed by atoms with Gasteiger partial charge in [0.25, 0.3) is 0 Å². The van der Waals surface area contributed by atoms with Crippen molar-refractivity contribution in [2.24, 2.45) is 0 Å². The van der Waals surface area contributed by atoms with E-state index in [1.165, 1.54) is 0 Å². The number of ether oxygens (including phenoxy) is 2. The van der Waals surface area contributed by atoms with Crippen LogP contribution in [0.3, 0.4) is 0 Å². The molecule has 1 fully saturated rings. The standard InChI is InChI=1S/C13H19N3O4S/c17-21(18,8-7-16-5-3-14-4-6-16)15-11-1-2-12-13(9-11)20-10-19-12/h1-2,9,14-15H,3-8,10H2. The lowest BCUT2D eigenvalue weighted by atomic mass is 10.3. The predicted octanol–water partition coefficient (Wildman–Crippen LogP) is 0.0622. The molecule has 0 spiro atoms. The Morgan fingerprint density at radius 2 is 1.95 bits per heavy atom. The molecule has 0 aliphatic carbocycles. The van der Waals surface area contributed by atoms with E-state index in [0.29, 0.717) is 23.7 Å². The molecule has 116 valence electrons. The van der Waals surface area contributed by atoms with Crippen LogP contribution in [-0.4, -0.2) is 58.6 Å². The third-order valence-electron chi connectivity index (χ3n) is 3.53. The second kappa shape index (κ2) is 6.08. The summed E-state index contributed by atoms with van der Waals surface area (Å²) in [5.74, 6) is 1.29. The van der Waals surface area contributed by atoms with Crippen LogP contribution in [-0.2, 0) is 10.0 Å². The van der Waals surface area contributed by atoms with E-state index < -0.39 is 10.0 Å². The second-order valence-electron chi connectivity index (χ2n) is 5.08. The first kappa shape index (κ1) is 14.4. The van der Waals surface area contributed by atoms with Gasteiger partial charge in [0.1, 0.15) is 0 Å². The van der Waals surface area contributed by atoms with Gasteiger partial charge in [-0.05, 0) is 12.1 Å². The average Bonchev–Trinajstić information content (AvgIpc) is 2.93. The van der Waals surface area contributed by atoms with Gasteiger partial charge in [0, 0.05) is 38.8 Å². The number of piperazine rings is 1. The molecule has 0 amide bonds. The molecule has 1 aromatic rings. The SMILES string of the molecule is O=S(=O)(CCN1CCNCC1)Nc1ccc2c(c1)OCO2. The van der Waals surface area contributed by atoms with Crippen molar-refractivity contribution in [2.45, 2.75) is 0 Å². The predicted molar refractivity (Wildman–Crippen MR) is 79.3 cm³/mol. The number of nitrogens with one attached hydrogen (secondary N) is 2. The van der Waals surface area contributed by atoms with Crippen molar-refractivity contribution in [3.8, 4) is 11.5 Å². The van der Waals surface area contributed by atoms with Crippen molar-refractivity contribution < 1.29 is 17.9 Å². The lowest BCUT2D eigenvalue weighted by molar-refractivity contribution is 0.174. The van der Waals surface area contributed by atoms with Crippen molar-refractivity contribution >= 4 is 15.7 Å². The third kappa shape index (κ3) is 3.78. The van der Waals surface area contributed by atoms with Crippen LogP contribution in [0.5, 0.6) is 11.5 Å². The van der Waals surface area contributed by atoms with Crippen molar-refractivity contribution in [1.29, 1.82) is 0 Å². The topological polar surface area (TPSA) is 79.9 Å². The molecule has 3 rings (SSSR count). The van der Waals surface area contributed by atoms with E-state index >= 15 is 0 Å². The summed E-state index contributed by atoms with van der Waals surface area (Å²) in [6, 6.07) is 5.02. The van der Waals surface area contributed by atoms with E-state index in [2.05, 4.69) is 14.9 Å². The van der Waals surface area contributed by atoms with E-state index in [0.717, 1.165) is 26.2 Å². The fourth-order valence-corrected chi connectivity index (χ4v) is 3.46. The minimum Gasteiger partial charge on any atom is -0.454 e. The lowest BCUT2D eigenvalue weighted by Gasteiger charge is -2.26. The van der Waals surface area contributed by atoms with E-state index in [-0.39, 0.29) is 12.5 Å². The van der Waals surface area contributed by atoms with Crippen molar-refractivity contribution in [2.75, 3.05) is 50.0 Å². The Hall–Kier alpha value is -1.51. The number of hydrogen-bond acceptors (Lipinski definition) is 6. The van der Waals surface area contributed by atoms with E-state index in [1.54, 1.807) is 18.2 Å². The van der Waals surface area contributed by atoms with Gasteiger partial charge in [0.2, 0.25) is 16.8 Å². The van der Waals surface area contributed by atoms with Gasteiger partial charge >= 0.3 is 0 Å². The summed E-state index contributed by atoms with van der Waals surface area (Å²) in [6.07, 6.45) is 0. The molecule has 21 heavy (non-hydrogen) atoms. The van der Waals surface area contributed by atoms with Gasteiger partial charge < -0.3 is 14.8 Å². The molecular weight excluding hydrogens is 294 g/mol. The monoisotopic (exact) mass is 313 g/mol. The van der Waals surface area contributed by atoms with Crippen LogP contribution in [0, 0.1) is 0 Å². The Morgan fingerprint density at radius 1 is 1.19 bits per heavy atom. The first-order valence-corrected chi connectivity index (χ1v) is 8.61. The van der Waals surface area contributed by atoms with Crippen LogP contribution < -0.4 is 19.5 Å². The molecule has 7 nitrogen and oxygen atoms in total. The zero-order chi connectivity index (χ0) is 14.7. The third-order valence-corrected chi connectivity index (χ3v) is 4.80. The molecular formula is C13H19N3O4S. The van der Waals surface area contributed by atoms with Gasteiger partial charge in [0.15, 0.2) is 11.5 Å². The van der Waals surface area contributed by atoms with Crippen molar-refractivity contribution in [3.63, 3.8) is 0 Å². The summed E-state index contributed by atoms with van der Waals surface area (Å²) in [6.45, 7) is 4.32. The smallest absolute Gasteiger partial charge is 0.233 e. The first-order valence-electron chi connectivity index (χ1n) is 6.96. The summed E-state index contributed by atoms with van der Waals surface area (Å²) in [5, 5.41) is 3.24. The summed E-state index contributed by atoms with van der Waals surface area (Å²) < 4.78 is 37.3. The molecule has 0 unspecified atom stereocenters. The second-order valence-corrected chi connectivity index (χ2v) is 6.92. The molecule has 2 heterocycles. The molecule has 0 aromatic heterocycles. The number of nitrogens with zero attached hydrogens (tertiary/aromatic N) is 1. The van der Waals surface area contributed by atoms with Gasteiger partial charge in [-0.1, -0.05) is 0 Å². The van der Waals surface area contributed by atoms with E-state index in [1.807, 2.05) is 0 Å². The van der Waals surface area contributed by atoms with Gasteiger partial charge in [-0.2, -0.15) is 0 Å². The molecule has 0 atom stereocenters. The largest absolute Gasteiger partial charge is 0.454 e. The molecule has 0 radical (unpaired) electrons. The fourth-order valence-electron chi connectivity index (χ4n) is 2.37. The molecule has 2 aliphatic rings. The maximum Gasteiger partial charge on any atom is 0.233 e. The molecule has 1 saturated heterocycles. The number of rotatable bonds is 5. The molecule has 0 saturated carbocycles. The van der Waals surface area contributed by atoms with Gasteiger partial charge in [0.05, 0.1) is 11.4 Å². The maximum absolute atomic E-state index is 12.1. The highest BCUT2D eigenvalue weighted by Crippen LogP contribution is 2.34. The van der Waals surface area contributed by atoms with Crippen LogP contribution in [0.2, 0.25) is 0 Å². The van der Waals surface area contributed by atoms with E-state index in [9.17, 15) is 8.42 Å². The minimum absolute atomic E-state index is 0.0848. The maximum atomic E-state index is 12.1. The Bertz CT molecular complexity index is 599. The Labute approximate surface area is 124 Å². The molecule has 2 N–H and O–H groups in total. The number of fused-ring (bicyclic) bond motifs is 1. The van der Waals surface area contributed by atoms with Crippen LogP contribution in [0.25, 0.3) is 0 Å². The van der Waals surface area contributed by atoms with Gasteiger partial charge in [-0.15, -0.1) is 0 Å². The highest BCUT2D eigenvalue weighted by molar-refractivity contribution is 7.92.